The second kappa shape index (κ2) is 20.0. The molecule has 0 unspecified atom stereocenters. The average molecular weight is 1050 g/mol. The smallest absolute Gasteiger partial charge is 0.238 e. The quantitative estimate of drug-likeness (QED) is 0.137. The van der Waals surface area contributed by atoms with Gasteiger partial charge >= 0.3 is 0 Å². The summed E-state index contributed by atoms with van der Waals surface area (Å²) in [7, 11) is 0. The van der Waals surface area contributed by atoms with Crippen LogP contribution in [-0.4, -0.2) is 19.5 Å². The molecule has 0 saturated heterocycles. The maximum absolute atomic E-state index is 5.62. The fourth-order valence-electron chi connectivity index (χ4n) is 12.4. The van der Waals surface area contributed by atoms with E-state index in [4.69, 9.17) is 15.0 Å². The Morgan fingerprint density at radius 2 is 0.585 bits per heavy atom. The van der Waals surface area contributed by atoms with Crippen molar-refractivity contribution in [3.05, 3.63) is 302 Å². The first kappa shape index (κ1) is 48.6. The molecule has 1 aliphatic carbocycles. The minimum atomic E-state index is -0.345. The van der Waals surface area contributed by atoms with E-state index in [1.165, 1.54) is 55.6 Å². The van der Waals surface area contributed by atoms with E-state index in [1.54, 1.807) is 0 Å². The van der Waals surface area contributed by atoms with Gasteiger partial charge in [-0.15, -0.1) is 0 Å². The Morgan fingerprint density at radius 1 is 0.244 bits per heavy atom. The molecule has 2 aromatic heterocycles. The lowest BCUT2D eigenvalue weighted by molar-refractivity contribution is 0.661. The highest BCUT2D eigenvalue weighted by Gasteiger charge is 2.37. The molecule has 0 radical (unpaired) electrons. The predicted molar refractivity (Wildman–Crippen MR) is 341 cm³/mol. The Balaban J connectivity index is 0.940. The first-order chi connectivity index (χ1) is 40.4. The Hall–Kier alpha value is -10.6. The molecule has 0 atom stereocenters. The van der Waals surface area contributed by atoms with E-state index in [0.717, 1.165) is 77.4 Å². The summed E-state index contributed by atoms with van der Waals surface area (Å²) in [4.78, 5) is 16.8. The van der Waals surface area contributed by atoms with Crippen LogP contribution in [0.15, 0.2) is 291 Å². The van der Waals surface area contributed by atoms with Gasteiger partial charge < -0.3 is 0 Å². The van der Waals surface area contributed by atoms with Crippen LogP contribution in [0.1, 0.15) is 25.0 Å². The number of benzene rings is 12. The molecule has 0 fully saturated rings. The first-order valence-corrected chi connectivity index (χ1v) is 28.1. The number of fused-ring (bicyclic) bond motifs is 6. The molecule has 0 amide bonds. The Labute approximate surface area is 478 Å². The topological polar surface area (TPSA) is 43.6 Å². The van der Waals surface area contributed by atoms with Crippen molar-refractivity contribution in [3.8, 4) is 118 Å². The van der Waals surface area contributed by atoms with Crippen molar-refractivity contribution < 1.29 is 0 Å². The molecule has 0 spiro atoms. The van der Waals surface area contributed by atoms with Gasteiger partial charge in [0.2, 0.25) is 5.95 Å². The van der Waals surface area contributed by atoms with Gasteiger partial charge in [-0.25, -0.2) is 4.98 Å². The maximum atomic E-state index is 5.62. The zero-order chi connectivity index (χ0) is 54.7. The lowest BCUT2D eigenvalue weighted by Crippen LogP contribution is -2.15. The molecule has 386 valence electrons. The summed E-state index contributed by atoms with van der Waals surface area (Å²) in [5, 5.41) is 2.27. The Bertz CT molecular complexity index is 4400. The Morgan fingerprint density at radius 3 is 0.988 bits per heavy atom. The van der Waals surface area contributed by atoms with Gasteiger partial charge in [-0.2, -0.15) is 9.97 Å². The largest absolute Gasteiger partial charge is 0.278 e. The van der Waals surface area contributed by atoms with Crippen LogP contribution in [0.25, 0.3) is 140 Å². The molecule has 4 heteroatoms. The van der Waals surface area contributed by atoms with Crippen molar-refractivity contribution in [2.75, 3.05) is 0 Å². The molecule has 12 aromatic carbocycles. The zero-order valence-electron chi connectivity index (χ0n) is 45.5. The van der Waals surface area contributed by atoms with E-state index in [2.05, 4.69) is 310 Å². The normalized spacial score (nSPS) is 12.4. The van der Waals surface area contributed by atoms with Crippen LogP contribution >= 0.6 is 0 Å². The molecular formula is C78H54N4. The molecular weight excluding hydrogens is 993 g/mol. The van der Waals surface area contributed by atoms with Gasteiger partial charge in [0, 0.05) is 27.3 Å². The molecule has 2 heterocycles. The monoisotopic (exact) mass is 1050 g/mol. The number of para-hydroxylation sites is 1. The van der Waals surface area contributed by atoms with E-state index >= 15 is 0 Å². The van der Waals surface area contributed by atoms with Crippen molar-refractivity contribution in [1.29, 1.82) is 0 Å². The van der Waals surface area contributed by atoms with E-state index in [-0.39, 0.29) is 5.41 Å². The molecule has 82 heavy (non-hydrogen) atoms. The lowest BCUT2D eigenvalue weighted by Gasteiger charge is -2.22. The summed E-state index contributed by atoms with van der Waals surface area (Å²) in [5.74, 6) is 1.72. The molecule has 15 rings (SSSR count). The third-order valence-corrected chi connectivity index (χ3v) is 16.6. The zero-order valence-corrected chi connectivity index (χ0v) is 45.5. The van der Waals surface area contributed by atoms with E-state index in [1.807, 2.05) is 0 Å². The molecule has 0 aliphatic heterocycles. The van der Waals surface area contributed by atoms with Gasteiger partial charge in [-0.3, -0.25) is 4.57 Å². The van der Waals surface area contributed by atoms with Crippen molar-refractivity contribution in [2.24, 2.45) is 0 Å². The molecule has 1 aliphatic rings. The highest BCUT2D eigenvalue weighted by atomic mass is 15.2. The molecule has 0 bridgehead atoms. The number of hydrogen-bond acceptors (Lipinski definition) is 3. The van der Waals surface area contributed by atoms with Gasteiger partial charge in [0.15, 0.2) is 11.6 Å². The summed E-state index contributed by atoms with van der Waals surface area (Å²) < 4.78 is 2.28. The number of rotatable bonds is 10. The van der Waals surface area contributed by atoms with Gasteiger partial charge in [0.05, 0.1) is 11.0 Å². The molecule has 4 nitrogen and oxygen atoms in total. The third-order valence-electron chi connectivity index (χ3n) is 16.6. The molecule has 0 saturated carbocycles. The third kappa shape index (κ3) is 8.70. The lowest BCUT2D eigenvalue weighted by atomic mass is 9.81. The number of aromatic nitrogens is 4. The fourth-order valence-corrected chi connectivity index (χ4v) is 12.4. The fraction of sp³-hybridized carbons (Fsp3) is 0.0385. The van der Waals surface area contributed by atoms with Gasteiger partial charge in [0.25, 0.3) is 0 Å². The summed E-state index contributed by atoms with van der Waals surface area (Å²) in [6.07, 6.45) is 0. The van der Waals surface area contributed by atoms with Crippen LogP contribution in [0.3, 0.4) is 0 Å². The molecule has 0 N–H and O–H groups in total. The second-order valence-corrected chi connectivity index (χ2v) is 22.0. The first-order valence-electron chi connectivity index (χ1n) is 28.1. The molecule has 14 aromatic rings. The van der Waals surface area contributed by atoms with Gasteiger partial charge in [-0.05, 0) is 179 Å². The average Bonchev–Trinajstić information content (AvgIpc) is 4.01. The summed E-state index contributed by atoms with van der Waals surface area (Å²) in [5.41, 5.74) is 24.5. The van der Waals surface area contributed by atoms with Crippen molar-refractivity contribution in [1.82, 2.24) is 19.5 Å². The predicted octanol–water partition coefficient (Wildman–Crippen LogP) is 20.3. The minimum Gasteiger partial charge on any atom is -0.278 e. The van der Waals surface area contributed by atoms with Crippen molar-refractivity contribution in [3.63, 3.8) is 0 Å². The summed E-state index contributed by atoms with van der Waals surface area (Å²) in [6, 6.07) is 105. The van der Waals surface area contributed by atoms with Crippen molar-refractivity contribution >= 4 is 21.8 Å². The van der Waals surface area contributed by atoms with E-state index in [0.29, 0.717) is 17.6 Å². The van der Waals surface area contributed by atoms with Crippen molar-refractivity contribution in [2.45, 2.75) is 19.3 Å². The van der Waals surface area contributed by atoms with Crippen LogP contribution in [0.5, 0.6) is 0 Å². The standard InChI is InChI=1S/C78H54N4/c1-78(2)71-48-57(64-42-58(51-23-9-3-10-24-51)39-59(43-64)52-25-11-4-12-26-52)37-38-67(71)69-49-70-68-35-21-22-36-73(68)82(74(70)50-72(69)78)77-80-75(65-44-60(53-27-13-5-14-28-53)40-61(45-65)54-29-15-6-16-30-54)79-76(81-77)66-46-62(55-31-17-7-18-32-55)41-63(47-66)56-33-19-8-20-34-56/h3-50H,1-2H3. The summed E-state index contributed by atoms with van der Waals surface area (Å²) >= 11 is 0. The highest BCUT2D eigenvalue weighted by Crippen LogP contribution is 2.52. The van der Waals surface area contributed by atoms with Gasteiger partial charge in [0.1, 0.15) is 0 Å². The number of hydrogen-bond donors (Lipinski definition) is 0. The minimum absolute atomic E-state index is 0.345. The highest BCUT2D eigenvalue weighted by molar-refractivity contribution is 6.11. The van der Waals surface area contributed by atoms with E-state index < -0.39 is 0 Å². The summed E-state index contributed by atoms with van der Waals surface area (Å²) in [6.45, 7) is 4.76. The van der Waals surface area contributed by atoms with Crippen LogP contribution in [0, 0.1) is 0 Å². The van der Waals surface area contributed by atoms with Crippen LogP contribution < -0.4 is 0 Å². The van der Waals surface area contributed by atoms with Crippen LogP contribution in [0.2, 0.25) is 0 Å². The SMILES string of the molecule is CC1(C)c2cc(-c3cc(-c4ccccc4)cc(-c4ccccc4)c3)ccc2-c2cc3c4ccccc4n(-c4nc(-c5cc(-c6ccccc6)cc(-c6ccccc6)c5)nc(-c5cc(-c6ccccc6)cc(-c6ccccc6)c5)n4)c3cc21. The maximum Gasteiger partial charge on any atom is 0.238 e. The van der Waals surface area contributed by atoms with E-state index in [9.17, 15) is 0 Å². The number of nitrogens with zero attached hydrogens (tertiary/aromatic N) is 4. The second-order valence-electron chi connectivity index (χ2n) is 22.0. The van der Waals surface area contributed by atoms with Gasteiger partial charge in [-0.1, -0.05) is 226 Å². The Kier molecular flexibility index (Phi) is 11.8. The van der Waals surface area contributed by atoms with Crippen LogP contribution in [-0.2, 0) is 5.41 Å². The van der Waals surface area contributed by atoms with Crippen LogP contribution in [0.4, 0.5) is 0 Å².